The van der Waals surface area contributed by atoms with Crippen LogP contribution in [0.25, 0.3) is 0 Å². The predicted molar refractivity (Wildman–Crippen MR) is 68.3 cm³/mol. The first-order valence-corrected chi connectivity index (χ1v) is 7.16. The number of aliphatic hydroxyl groups excluding tert-OH is 1. The van der Waals surface area contributed by atoms with Crippen molar-refractivity contribution in [2.45, 2.75) is 71.8 Å². The van der Waals surface area contributed by atoms with Crippen LogP contribution in [0.4, 0.5) is 0 Å². The van der Waals surface area contributed by atoms with Crippen molar-refractivity contribution in [3.8, 4) is 0 Å². The molecule has 3 atom stereocenters. The molecule has 2 aliphatic rings. The minimum Gasteiger partial charge on any atom is -0.393 e. The van der Waals surface area contributed by atoms with E-state index in [-0.39, 0.29) is 6.10 Å². The van der Waals surface area contributed by atoms with Crippen LogP contribution in [0, 0.1) is 23.2 Å². The molecule has 1 N–H and O–H groups in total. The van der Waals surface area contributed by atoms with Gasteiger partial charge in [-0.25, -0.2) is 0 Å². The van der Waals surface area contributed by atoms with Gasteiger partial charge in [-0.05, 0) is 42.4 Å². The molecule has 0 radical (unpaired) electrons. The Morgan fingerprint density at radius 3 is 2.12 bits per heavy atom. The average Bonchev–Trinajstić information content (AvgIpc) is 2.69. The van der Waals surface area contributed by atoms with E-state index in [4.69, 9.17) is 0 Å². The maximum atomic E-state index is 10.2. The van der Waals surface area contributed by atoms with Crippen LogP contribution >= 0.6 is 0 Å². The average molecular weight is 224 g/mol. The highest BCUT2D eigenvalue weighted by molar-refractivity contribution is 4.89. The molecule has 0 aromatic carbocycles. The third kappa shape index (κ3) is 2.61. The molecule has 16 heavy (non-hydrogen) atoms. The van der Waals surface area contributed by atoms with E-state index in [1.165, 1.54) is 38.5 Å². The van der Waals surface area contributed by atoms with Crippen LogP contribution in [0.2, 0.25) is 0 Å². The van der Waals surface area contributed by atoms with Crippen molar-refractivity contribution in [1.82, 2.24) is 0 Å². The Labute approximate surface area is 101 Å². The van der Waals surface area contributed by atoms with Crippen molar-refractivity contribution in [2.75, 3.05) is 0 Å². The second kappa shape index (κ2) is 4.68. The van der Waals surface area contributed by atoms with E-state index in [0.29, 0.717) is 11.3 Å². The SMILES string of the molecule is CC(C)(C)C1CCC(O)C(C2CCCC2)C1. The van der Waals surface area contributed by atoms with E-state index in [2.05, 4.69) is 20.8 Å². The van der Waals surface area contributed by atoms with Crippen LogP contribution in [0.15, 0.2) is 0 Å². The molecule has 0 heterocycles. The zero-order chi connectivity index (χ0) is 11.8. The molecule has 2 fully saturated rings. The van der Waals surface area contributed by atoms with E-state index in [1.807, 2.05) is 0 Å². The van der Waals surface area contributed by atoms with Crippen molar-refractivity contribution in [3.05, 3.63) is 0 Å². The Kier molecular flexibility index (Phi) is 3.63. The van der Waals surface area contributed by atoms with E-state index in [0.717, 1.165) is 18.3 Å². The molecule has 2 saturated carbocycles. The van der Waals surface area contributed by atoms with Gasteiger partial charge in [0.2, 0.25) is 0 Å². The van der Waals surface area contributed by atoms with Crippen molar-refractivity contribution in [1.29, 1.82) is 0 Å². The highest BCUT2D eigenvalue weighted by Crippen LogP contribution is 2.46. The molecule has 2 aliphatic carbocycles. The van der Waals surface area contributed by atoms with Gasteiger partial charge in [-0.3, -0.25) is 0 Å². The standard InChI is InChI=1S/C15H28O/c1-15(2,3)12-8-9-14(16)13(10-12)11-6-4-5-7-11/h11-14,16H,4-10H2,1-3H3. The molecule has 0 bridgehead atoms. The highest BCUT2D eigenvalue weighted by Gasteiger charge is 2.39. The molecule has 1 heteroatoms. The molecule has 0 aromatic heterocycles. The number of rotatable bonds is 1. The molecular formula is C15H28O. The third-order valence-corrected chi connectivity index (χ3v) is 5.09. The van der Waals surface area contributed by atoms with Gasteiger partial charge in [0.15, 0.2) is 0 Å². The highest BCUT2D eigenvalue weighted by atomic mass is 16.3. The van der Waals surface area contributed by atoms with Gasteiger partial charge in [-0.15, -0.1) is 0 Å². The Bertz CT molecular complexity index is 222. The summed E-state index contributed by atoms with van der Waals surface area (Å²) in [5.41, 5.74) is 0.428. The third-order valence-electron chi connectivity index (χ3n) is 5.09. The summed E-state index contributed by atoms with van der Waals surface area (Å²) in [7, 11) is 0. The second-order valence-electron chi connectivity index (χ2n) is 7.15. The fourth-order valence-electron chi connectivity index (χ4n) is 3.87. The predicted octanol–water partition coefficient (Wildman–Crippen LogP) is 4.00. The summed E-state index contributed by atoms with van der Waals surface area (Å²) in [5, 5.41) is 10.2. The molecule has 0 saturated heterocycles. The summed E-state index contributed by atoms with van der Waals surface area (Å²) in [6.07, 6.45) is 9.09. The zero-order valence-electron chi connectivity index (χ0n) is 11.2. The molecule has 0 aliphatic heterocycles. The molecule has 0 spiro atoms. The van der Waals surface area contributed by atoms with Gasteiger partial charge in [0.1, 0.15) is 0 Å². The summed E-state index contributed by atoms with van der Waals surface area (Å²) in [4.78, 5) is 0. The lowest BCUT2D eigenvalue weighted by atomic mass is 9.65. The van der Waals surface area contributed by atoms with E-state index in [1.54, 1.807) is 0 Å². The van der Waals surface area contributed by atoms with Crippen molar-refractivity contribution < 1.29 is 5.11 Å². The Balaban J connectivity index is 2.00. The van der Waals surface area contributed by atoms with Gasteiger partial charge in [-0.1, -0.05) is 46.5 Å². The fraction of sp³-hybridized carbons (Fsp3) is 1.00. The van der Waals surface area contributed by atoms with Crippen LogP contribution in [-0.2, 0) is 0 Å². The minimum absolute atomic E-state index is 0.00157. The molecule has 2 rings (SSSR count). The first-order chi connectivity index (χ1) is 7.48. The van der Waals surface area contributed by atoms with E-state index >= 15 is 0 Å². The number of hydrogen-bond donors (Lipinski definition) is 1. The lowest BCUT2D eigenvalue weighted by molar-refractivity contribution is -0.00626. The van der Waals surface area contributed by atoms with Crippen LogP contribution in [-0.4, -0.2) is 11.2 Å². The lowest BCUT2D eigenvalue weighted by Gasteiger charge is -2.42. The number of aliphatic hydroxyl groups is 1. The Morgan fingerprint density at radius 1 is 0.938 bits per heavy atom. The quantitative estimate of drug-likeness (QED) is 0.714. The van der Waals surface area contributed by atoms with Crippen LogP contribution in [0.5, 0.6) is 0 Å². The van der Waals surface area contributed by atoms with E-state index in [9.17, 15) is 5.11 Å². The van der Waals surface area contributed by atoms with Gasteiger partial charge in [0.05, 0.1) is 6.10 Å². The van der Waals surface area contributed by atoms with E-state index < -0.39 is 0 Å². The monoisotopic (exact) mass is 224 g/mol. The molecule has 3 unspecified atom stereocenters. The largest absolute Gasteiger partial charge is 0.393 e. The normalized spacial score (nSPS) is 37.9. The summed E-state index contributed by atoms with van der Waals surface area (Å²) >= 11 is 0. The van der Waals surface area contributed by atoms with Crippen LogP contribution in [0.1, 0.15) is 65.7 Å². The molecule has 1 nitrogen and oxygen atoms in total. The first-order valence-electron chi connectivity index (χ1n) is 7.16. The van der Waals surface area contributed by atoms with Crippen molar-refractivity contribution >= 4 is 0 Å². The van der Waals surface area contributed by atoms with Gasteiger partial charge in [-0.2, -0.15) is 0 Å². The minimum atomic E-state index is 0.00157. The Morgan fingerprint density at radius 2 is 1.56 bits per heavy atom. The van der Waals surface area contributed by atoms with Gasteiger partial charge in [0, 0.05) is 0 Å². The van der Waals surface area contributed by atoms with Crippen LogP contribution < -0.4 is 0 Å². The molecule has 0 amide bonds. The second-order valence-corrected chi connectivity index (χ2v) is 7.15. The Hall–Kier alpha value is -0.0400. The zero-order valence-corrected chi connectivity index (χ0v) is 11.2. The topological polar surface area (TPSA) is 20.2 Å². The molecule has 94 valence electrons. The summed E-state index contributed by atoms with van der Waals surface area (Å²) in [6.45, 7) is 7.09. The summed E-state index contributed by atoms with van der Waals surface area (Å²) in [5.74, 6) is 2.27. The van der Waals surface area contributed by atoms with Crippen molar-refractivity contribution in [2.24, 2.45) is 23.2 Å². The number of hydrogen-bond acceptors (Lipinski definition) is 1. The smallest absolute Gasteiger partial charge is 0.0571 e. The van der Waals surface area contributed by atoms with Gasteiger partial charge >= 0.3 is 0 Å². The summed E-state index contributed by atoms with van der Waals surface area (Å²) < 4.78 is 0. The van der Waals surface area contributed by atoms with Gasteiger partial charge < -0.3 is 5.11 Å². The maximum Gasteiger partial charge on any atom is 0.0571 e. The van der Waals surface area contributed by atoms with Gasteiger partial charge in [0.25, 0.3) is 0 Å². The summed E-state index contributed by atoms with van der Waals surface area (Å²) in [6, 6.07) is 0. The molecular weight excluding hydrogens is 196 g/mol. The van der Waals surface area contributed by atoms with Crippen LogP contribution in [0.3, 0.4) is 0 Å². The van der Waals surface area contributed by atoms with Crippen molar-refractivity contribution in [3.63, 3.8) is 0 Å². The first kappa shape index (κ1) is 12.4. The molecule has 0 aromatic rings. The fourth-order valence-corrected chi connectivity index (χ4v) is 3.87. The maximum absolute atomic E-state index is 10.2. The lowest BCUT2D eigenvalue weighted by Crippen LogP contribution is -2.37.